The number of aliphatic hydroxyl groups excluding tert-OH is 1. The van der Waals surface area contributed by atoms with Gasteiger partial charge in [-0.3, -0.25) is 14.9 Å². The molecular weight excluding hydrogens is 319 g/mol. The molecule has 1 N–H and O–H groups in total. The summed E-state index contributed by atoms with van der Waals surface area (Å²) in [7, 11) is 0. The molecule has 1 aromatic carbocycles. The Hall–Kier alpha value is -1.89. The van der Waals surface area contributed by atoms with Crippen molar-refractivity contribution in [1.82, 2.24) is 4.57 Å². The van der Waals surface area contributed by atoms with Crippen LogP contribution in [0.5, 0.6) is 0 Å². The average molecular weight is 329 g/mol. The van der Waals surface area contributed by atoms with E-state index in [0.29, 0.717) is 15.6 Å². The zero-order chi connectivity index (χ0) is 15.6. The molecule has 1 aromatic heterocycles. The van der Waals surface area contributed by atoms with Gasteiger partial charge in [-0.15, -0.1) is 0 Å². The number of nitro groups is 1. The van der Waals surface area contributed by atoms with Crippen LogP contribution in [0.4, 0.5) is 5.69 Å². The van der Waals surface area contributed by atoms with Gasteiger partial charge in [-0.25, -0.2) is 0 Å². The summed E-state index contributed by atoms with van der Waals surface area (Å²) in [6.07, 6.45) is -0.0415. The summed E-state index contributed by atoms with van der Waals surface area (Å²) in [4.78, 5) is 21.8. The van der Waals surface area contributed by atoms with Crippen LogP contribution in [0.15, 0.2) is 41.3 Å². The molecule has 0 saturated carbocycles. The lowest BCUT2D eigenvalue weighted by molar-refractivity contribution is -0.385. The van der Waals surface area contributed by atoms with Crippen LogP contribution in [0.2, 0.25) is 10.0 Å². The maximum atomic E-state index is 11.7. The second-order valence-corrected chi connectivity index (χ2v) is 5.16. The Kier molecular flexibility index (Phi) is 4.62. The van der Waals surface area contributed by atoms with Gasteiger partial charge in [0.1, 0.15) is 0 Å². The first kappa shape index (κ1) is 15.5. The first-order valence-electron chi connectivity index (χ1n) is 5.86. The minimum atomic E-state index is -1.11. The molecule has 0 fully saturated rings. The van der Waals surface area contributed by atoms with Crippen molar-refractivity contribution >= 4 is 28.9 Å². The molecule has 2 aromatic rings. The van der Waals surface area contributed by atoms with E-state index in [-0.39, 0.29) is 12.2 Å². The van der Waals surface area contributed by atoms with Crippen LogP contribution in [0.3, 0.4) is 0 Å². The number of nitrogens with zero attached hydrogens (tertiary/aromatic N) is 2. The summed E-state index contributed by atoms with van der Waals surface area (Å²) in [6, 6.07) is 6.76. The Morgan fingerprint density at radius 3 is 2.67 bits per heavy atom. The van der Waals surface area contributed by atoms with Crippen molar-refractivity contribution in [2.45, 2.75) is 12.6 Å². The number of benzene rings is 1. The van der Waals surface area contributed by atoms with Crippen LogP contribution in [0.1, 0.15) is 11.7 Å². The highest BCUT2D eigenvalue weighted by Crippen LogP contribution is 2.27. The molecule has 0 amide bonds. The number of hydrogen-bond donors (Lipinski definition) is 1. The summed E-state index contributed by atoms with van der Waals surface area (Å²) < 4.78 is 1.06. The lowest BCUT2D eigenvalue weighted by Crippen LogP contribution is -2.22. The maximum Gasteiger partial charge on any atom is 0.285 e. The number of hydrogen-bond acceptors (Lipinski definition) is 4. The van der Waals surface area contributed by atoms with Gasteiger partial charge in [-0.1, -0.05) is 23.2 Å². The van der Waals surface area contributed by atoms with Crippen molar-refractivity contribution in [3.8, 4) is 0 Å². The van der Waals surface area contributed by atoms with Gasteiger partial charge < -0.3 is 9.67 Å². The van der Waals surface area contributed by atoms with Gasteiger partial charge in [0.15, 0.2) is 0 Å². The lowest BCUT2D eigenvalue weighted by atomic mass is 10.1. The second-order valence-electron chi connectivity index (χ2n) is 4.32. The summed E-state index contributed by atoms with van der Waals surface area (Å²) in [5, 5.41) is 21.6. The maximum absolute atomic E-state index is 11.7. The van der Waals surface area contributed by atoms with E-state index in [0.717, 1.165) is 22.9 Å². The third-order valence-corrected chi connectivity index (χ3v) is 3.44. The van der Waals surface area contributed by atoms with Crippen LogP contribution < -0.4 is 5.56 Å². The molecule has 0 aliphatic heterocycles. The molecule has 0 aliphatic rings. The summed E-state index contributed by atoms with van der Waals surface area (Å²) >= 11 is 11.8. The van der Waals surface area contributed by atoms with Crippen molar-refractivity contribution in [1.29, 1.82) is 0 Å². The fraction of sp³-hybridized carbons (Fsp3) is 0.154. The van der Waals surface area contributed by atoms with Crippen molar-refractivity contribution in [3.63, 3.8) is 0 Å². The van der Waals surface area contributed by atoms with Crippen LogP contribution in [0.25, 0.3) is 0 Å². The molecule has 0 saturated heterocycles. The Morgan fingerprint density at radius 2 is 2.00 bits per heavy atom. The molecule has 1 atom stereocenters. The molecule has 0 aliphatic carbocycles. The molecule has 21 heavy (non-hydrogen) atoms. The van der Waals surface area contributed by atoms with Gasteiger partial charge in [-0.05, 0) is 18.2 Å². The summed E-state index contributed by atoms with van der Waals surface area (Å²) in [5.41, 5.74) is -0.348. The van der Waals surface area contributed by atoms with E-state index in [9.17, 15) is 20.0 Å². The molecule has 110 valence electrons. The number of aromatic nitrogens is 1. The highest BCUT2D eigenvalue weighted by atomic mass is 35.5. The quantitative estimate of drug-likeness (QED) is 0.690. The van der Waals surface area contributed by atoms with E-state index in [1.54, 1.807) is 6.07 Å². The minimum absolute atomic E-state index is 0.166. The van der Waals surface area contributed by atoms with Gasteiger partial charge in [0.25, 0.3) is 11.2 Å². The smallest absolute Gasteiger partial charge is 0.285 e. The van der Waals surface area contributed by atoms with Crippen molar-refractivity contribution in [2.75, 3.05) is 0 Å². The number of pyridine rings is 1. The highest BCUT2D eigenvalue weighted by molar-refractivity contribution is 6.33. The third-order valence-electron chi connectivity index (χ3n) is 2.87. The van der Waals surface area contributed by atoms with Gasteiger partial charge in [0.05, 0.1) is 23.8 Å². The molecule has 2 rings (SSSR count). The Balaban J connectivity index is 2.33. The molecule has 0 unspecified atom stereocenters. The molecule has 6 nitrogen and oxygen atoms in total. The van der Waals surface area contributed by atoms with E-state index >= 15 is 0 Å². The minimum Gasteiger partial charge on any atom is -0.386 e. The Morgan fingerprint density at radius 1 is 1.29 bits per heavy atom. The van der Waals surface area contributed by atoms with E-state index in [4.69, 9.17) is 23.2 Å². The van der Waals surface area contributed by atoms with Gasteiger partial charge in [0.2, 0.25) is 0 Å². The topological polar surface area (TPSA) is 85.4 Å². The summed E-state index contributed by atoms with van der Waals surface area (Å²) in [5.74, 6) is 0. The second kappa shape index (κ2) is 6.26. The van der Waals surface area contributed by atoms with E-state index in [1.807, 2.05) is 0 Å². The number of aliphatic hydroxyl groups is 1. The Labute approximate surface area is 129 Å². The average Bonchev–Trinajstić information content (AvgIpc) is 2.43. The van der Waals surface area contributed by atoms with Crippen LogP contribution in [-0.2, 0) is 6.54 Å². The molecule has 8 heteroatoms. The molecule has 0 radical (unpaired) electrons. The van der Waals surface area contributed by atoms with Gasteiger partial charge >= 0.3 is 0 Å². The van der Waals surface area contributed by atoms with E-state index in [2.05, 4.69) is 0 Å². The van der Waals surface area contributed by atoms with Crippen molar-refractivity contribution < 1.29 is 10.0 Å². The zero-order valence-electron chi connectivity index (χ0n) is 10.6. The van der Waals surface area contributed by atoms with Crippen molar-refractivity contribution in [2.24, 2.45) is 0 Å². The number of rotatable bonds is 4. The SMILES string of the molecule is O=c1ccc([N+](=O)[O-])cn1C[C@H](O)c1cc(Cl)ccc1Cl. The third kappa shape index (κ3) is 3.60. The lowest BCUT2D eigenvalue weighted by Gasteiger charge is -2.14. The largest absolute Gasteiger partial charge is 0.386 e. The predicted octanol–water partition coefficient (Wildman–Crippen LogP) is 2.80. The fourth-order valence-corrected chi connectivity index (χ4v) is 2.25. The fourth-order valence-electron chi connectivity index (χ4n) is 1.82. The van der Waals surface area contributed by atoms with Crippen LogP contribution in [-0.4, -0.2) is 14.6 Å². The zero-order valence-corrected chi connectivity index (χ0v) is 12.1. The standard InChI is InChI=1S/C13H10Cl2N2O4/c14-8-1-3-11(15)10(5-8)12(18)7-16-6-9(17(20)21)2-4-13(16)19/h1-6,12,18H,7H2/t12-/m0/s1. The monoisotopic (exact) mass is 328 g/mol. The van der Waals surface area contributed by atoms with Gasteiger partial charge in [0, 0.05) is 27.7 Å². The number of halogens is 2. The first-order chi connectivity index (χ1) is 9.88. The molecule has 0 bridgehead atoms. The van der Waals surface area contributed by atoms with Crippen LogP contribution >= 0.6 is 23.2 Å². The normalized spacial score (nSPS) is 12.1. The van der Waals surface area contributed by atoms with E-state index in [1.165, 1.54) is 12.1 Å². The Bertz CT molecular complexity index is 745. The highest BCUT2D eigenvalue weighted by Gasteiger charge is 2.15. The molecular formula is C13H10Cl2N2O4. The summed E-state index contributed by atoms with van der Waals surface area (Å²) in [6.45, 7) is -0.166. The molecule has 0 spiro atoms. The van der Waals surface area contributed by atoms with E-state index < -0.39 is 16.6 Å². The van der Waals surface area contributed by atoms with Crippen LogP contribution in [0, 0.1) is 10.1 Å². The predicted molar refractivity (Wildman–Crippen MR) is 78.8 cm³/mol. The first-order valence-corrected chi connectivity index (χ1v) is 6.62. The van der Waals surface area contributed by atoms with Crippen molar-refractivity contribution in [3.05, 3.63) is 72.6 Å². The van der Waals surface area contributed by atoms with Gasteiger partial charge in [-0.2, -0.15) is 0 Å². The molecule has 1 heterocycles.